The molecule has 12 nitrogen and oxygen atoms in total. The summed E-state index contributed by atoms with van der Waals surface area (Å²) in [6.45, 7) is 2.85. The van der Waals surface area contributed by atoms with Crippen molar-refractivity contribution < 1.29 is 33.3 Å². The summed E-state index contributed by atoms with van der Waals surface area (Å²) in [6.07, 6.45) is 0. The first-order valence-corrected chi connectivity index (χ1v) is 9.03. The number of hydrogen-bond donors (Lipinski definition) is 0. The first-order valence-electron chi connectivity index (χ1n) is 9.03. The van der Waals surface area contributed by atoms with E-state index in [0.29, 0.717) is 5.39 Å². The molecule has 3 aromatic rings. The molecule has 0 fully saturated rings. The summed E-state index contributed by atoms with van der Waals surface area (Å²) in [7, 11) is 0. The Kier molecular flexibility index (Phi) is 5.96. The number of esters is 2. The van der Waals surface area contributed by atoms with Gasteiger partial charge in [0.1, 0.15) is 22.5 Å². The van der Waals surface area contributed by atoms with Gasteiger partial charge in [0.15, 0.2) is 0 Å². The third kappa shape index (κ3) is 4.28. The molecule has 0 amide bonds. The minimum Gasteiger partial charge on any atom is -0.462 e. The van der Waals surface area contributed by atoms with E-state index in [4.69, 9.17) is 13.9 Å². The zero-order chi connectivity index (χ0) is 23.6. The van der Waals surface area contributed by atoms with Gasteiger partial charge in [-0.15, -0.1) is 0 Å². The number of nitro groups is 2. The lowest BCUT2D eigenvalue weighted by atomic mass is 10.1. The van der Waals surface area contributed by atoms with E-state index in [1.54, 1.807) is 6.92 Å². The van der Waals surface area contributed by atoms with Crippen LogP contribution >= 0.6 is 0 Å². The maximum absolute atomic E-state index is 12.5. The summed E-state index contributed by atoms with van der Waals surface area (Å²) in [5.41, 5.74) is -3.10. The van der Waals surface area contributed by atoms with Crippen LogP contribution in [0, 0.1) is 27.2 Å². The molecule has 0 atom stereocenters. The molecular formula is C20H14N2O10. The van der Waals surface area contributed by atoms with E-state index in [2.05, 4.69) is 0 Å². The molecule has 0 aliphatic carbocycles. The quantitative estimate of drug-likeness (QED) is 0.181. The molecule has 1 heterocycles. The van der Waals surface area contributed by atoms with Crippen LogP contribution < -0.4 is 10.4 Å². The highest BCUT2D eigenvalue weighted by atomic mass is 16.6. The lowest BCUT2D eigenvalue weighted by Gasteiger charge is -2.07. The molecule has 0 aliphatic rings. The highest BCUT2D eigenvalue weighted by molar-refractivity contribution is 5.95. The van der Waals surface area contributed by atoms with Crippen molar-refractivity contribution >= 4 is 34.3 Å². The Balaban J connectivity index is 1.96. The fraction of sp³-hybridized carbons (Fsp3) is 0.150. The molecule has 0 saturated carbocycles. The second-order valence-electron chi connectivity index (χ2n) is 6.41. The molecular weight excluding hydrogens is 428 g/mol. The summed E-state index contributed by atoms with van der Waals surface area (Å²) in [6, 6.07) is 6.93. The number of carbonyl (C=O) groups excluding carboxylic acids is 2. The molecule has 1 aromatic heterocycles. The minimum absolute atomic E-state index is 0.00536. The van der Waals surface area contributed by atoms with Crippen molar-refractivity contribution in [2.24, 2.45) is 0 Å². The van der Waals surface area contributed by atoms with E-state index >= 15 is 0 Å². The van der Waals surface area contributed by atoms with Crippen LogP contribution in [0.25, 0.3) is 11.0 Å². The number of hydrogen-bond acceptors (Lipinski definition) is 10. The second-order valence-corrected chi connectivity index (χ2v) is 6.41. The Hall–Kier alpha value is -4.61. The molecule has 0 spiro atoms. The third-order valence-electron chi connectivity index (χ3n) is 4.40. The molecule has 0 bridgehead atoms. The van der Waals surface area contributed by atoms with Gasteiger partial charge in [0, 0.05) is 23.6 Å². The van der Waals surface area contributed by atoms with Crippen molar-refractivity contribution in [1.29, 1.82) is 0 Å². The SMILES string of the molecule is CCOC(=O)c1cc2ccc(OC(=O)c3cc([N+](=O)[O-])c(C)c([N+](=O)[O-])c3)cc2oc1=O. The number of nitro benzene ring substituents is 2. The predicted octanol–water partition coefficient (Wildman–Crippen LogP) is 3.31. The number of benzene rings is 2. The van der Waals surface area contributed by atoms with E-state index < -0.39 is 44.3 Å². The monoisotopic (exact) mass is 442 g/mol. The Morgan fingerprint density at radius 2 is 1.62 bits per heavy atom. The number of ether oxygens (including phenoxy) is 2. The first-order chi connectivity index (χ1) is 15.1. The molecule has 164 valence electrons. The molecule has 0 aliphatic heterocycles. The summed E-state index contributed by atoms with van der Waals surface area (Å²) < 4.78 is 15.0. The summed E-state index contributed by atoms with van der Waals surface area (Å²) in [4.78, 5) is 57.0. The van der Waals surface area contributed by atoms with E-state index in [-0.39, 0.29) is 29.1 Å². The Morgan fingerprint density at radius 1 is 1.00 bits per heavy atom. The second kappa shape index (κ2) is 8.63. The summed E-state index contributed by atoms with van der Waals surface area (Å²) in [5.74, 6) is -2.04. The van der Waals surface area contributed by atoms with Crippen LogP contribution in [0.4, 0.5) is 11.4 Å². The van der Waals surface area contributed by atoms with Gasteiger partial charge >= 0.3 is 17.6 Å². The van der Waals surface area contributed by atoms with Crippen LogP contribution in [0.3, 0.4) is 0 Å². The van der Waals surface area contributed by atoms with Gasteiger partial charge in [-0.25, -0.2) is 14.4 Å². The van der Waals surface area contributed by atoms with Gasteiger partial charge in [0.05, 0.1) is 22.0 Å². The number of carbonyl (C=O) groups is 2. The fourth-order valence-electron chi connectivity index (χ4n) is 2.85. The highest BCUT2D eigenvalue weighted by Gasteiger charge is 2.26. The van der Waals surface area contributed by atoms with E-state index in [0.717, 1.165) is 12.1 Å². The molecule has 32 heavy (non-hydrogen) atoms. The lowest BCUT2D eigenvalue weighted by molar-refractivity contribution is -0.395. The van der Waals surface area contributed by atoms with E-state index in [1.807, 2.05) is 0 Å². The topological polar surface area (TPSA) is 169 Å². The van der Waals surface area contributed by atoms with Gasteiger partial charge in [-0.3, -0.25) is 20.2 Å². The van der Waals surface area contributed by atoms with Crippen LogP contribution in [0.5, 0.6) is 5.75 Å². The standard InChI is InChI=1S/C20H14N2O10/c1-3-30-19(24)14-6-11-4-5-13(9-17(11)32-20(14)25)31-18(23)12-7-15(21(26)27)10(2)16(8-12)22(28)29/h4-9H,3H2,1-2H3. The van der Waals surface area contributed by atoms with Crippen molar-refractivity contribution in [3.05, 3.63) is 83.7 Å². The molecule has 0 saturated heterocycles. The average Bonchev–Trinajstić information content (AvgIpc) is 2.72. The van der Waals surface area contributed by atoms with Gasteiger partial charge in [-0.05, 0) is 32.0 Å². The number of fused-ring (bicyclic) bond motifs is 1. The molecule has 3 rings (SSSR count). The van der Waals surface area contributed by atoms with Crippen molar-refractivity contribution in [1.82, 2.24) is 0 Å². The van der Waals surface area contributed by atoms with E-state index in [9.17, 15) is 34.6 Å². The Bertz CT molecular complexity index is 1310. The summed E-state index contributed by atoms with van der Waals surface area (Å²) >= 11 is 0. The van der Waals surface area contributed by atoms with Crippen molar-refractivity contribution in [2.75, 3.05) is 6.61 Å². The van der Waals surface area contributed by atoms with Crippen LogP contribution in [-0.4, -0.2) is 28.4 Å². The van der Waals surface area contributed by atoms with Gasteiger partial charge in [0.2, 0.25) is 0 Å². The normalized spacial score (nSPS) is 10.6. The zero-order valence-corrected chi connectivity index (χ0v) is 16.6. The van der Waals surface area contributed by atoms with Gasteiger partial charge in [0.25, 0.3) is 11.4 Å². The maximum Gasteiger partial charge on any atom is 0.351 e. The minimum atomic E-state index is -1.10. The van der Waals surface area contributed by atoms with Crippen LogP contribution in [0.15, 0.2) is 45.6 Å². The molecule has 2 aromatic carbocycles. The number of nitrogens with zero attached hydrogens (tertiary/aromatic N) is 2. The molecule has 0 radical (unpaired) electrons. The number of rotatable bonds is 6. The van der Waals surface area contributed by atoms with Crippen molar-refractivity contribution in [3.8, 4) is 5.75 Å². The van der Waals surface area contributed by atoms with Gasteiger partial charge in [-0.1, -0.05) is 0 Å². The first kappa shape index (κ1) is 22.1. The molecule has 0 N–H and O–H groups in total. The maximum atomic E-state index is 12.5. The molecule has 0 unspecified atom stereocenters. The highest BCUT2D eigenvalue weighted by Crippen LogP contribution is 2.30. The van der Waals surface area contributed by atoms with Crippen LogP contribution in [0.2, 0.25) is 0 Å². The predicted molar refractivity (Wildman–Crippen MR) is 108 cm³/mol. The third-order valence-corrected chi connectivity index (χ3v) is 4.40. The van der Waals surface area contributed by atoms with Gasteiger partial charge < -0.3 is 13.9 Å². The van der Waals surface area contributed by atoms with E-state index in [1.165, 1.54) is 31.2 Å². The fourth-order valence-corrected chi connectivity index (χ4v) is 2.85. The Morgan fingerprint density at radius 3 is 2.19 bits per heavy atom. The molecule has 12 heteroatoms. The lowest BCUT2D eigenvalue weighted by Crippen LogP contribution is -2.16. The summed E-state index contributed by atoms with van der Waals surface area (Å²) in [5, 5.41) is 22.7. The largest absolute Gasteiger partial charge is 0.462 e. The van der Waals surface area contributed by atoms with Crippen LogP contribution in [0.1, 0.15) is 33.2 Å². The Labute approximate surface area is 178 Å². The van der Waals surface area contributed by atoms with Crippen LogP contribution in [-0.2, 0) is 4.74 Å². The van der Waals surface area contributed by atoms with Gasteiger partial charge in [-0.2, -0.15) is 0 Å². The van der Waals surface area contributed by atoms with Crippen molar-refractivity contribution in [2.45, 2.75) is 13.8 Å². The zero-order valence-electron chi connectivity index (χ0n) is 16.6. The average molecular weight is 442 g/mol. The smallest absolute Gasteiger partial charge is 0.351 e. The van der Waals surface area contributed by atoms with Crippen molar-refractivity contribution in [3.63, 3.8) is 0 Å².